The smallest absolute Gasteiger partial charge is 0.321 e. The number of amides is 2. The molecular formula is C19H28N2O3. The average molecular weight is 332 g/mol. The summed E-state index contributed by atoms with van der Waals surface area (Å²) in [5, 5.41) is 12.1. The summed E-state index contributed by atoms with van der Waals surface area (Å²) in [6.45, 7) is 11.0. The largest absolute Gasteiger partial charge is 0.509 e. The molecule has 0 bridgehead atoms. The summed E-state index contributed by atoms with van der Waals surface area (Å²) >= 11 is 0. The van der Waals surface area contributed by atoms with Crippen LogP contribution in [0, 0.1) is 0 Å². The maximum atomic E-state index is 11.5. The van der Waals surface area contributed by atoms with Gasteiger partial charge in [0.2, 0.25) is 0 Å². The van der Waals surface area contributed by atoms with Gasteiger partial charge < -0.3 is 20.1 Å². The van der Waals surface area contributed by atoms with Gasteiger partial charge in [-0.2, -0.15) is 0 Å². The van der Waals surface area contributed by atoms with E-state index in [0.717, 1.165) is 25.0 Å². The van der Waals surface area contributed by atoms with Gasteiger partial charge in [0.25, 0.3) is 0 Å². The Morgan fingerprint density at radius 2 is 1.88 bits per heavy atom. The Morgan fingerprint density at radius 1 is 1.29 bits per heavy atom. The lowest BCUT2D eigenvalue weighted by atomic mass is 10.1. The number of nitrogens with one attached hydrogen (secondary N) is 1. The second kappa shape index (κ2) is 8.43. The minimum Gasteiger partial charge on any atom is -0.509 e. The van der Waals surface area contributed by atoms with Crippen molar-refractivity contribution >= 4 is 6.03 Å². The van der Waals surface area contributed by atoms with Gasteiger partial charge in [-0.1, -0.05) is 25.3 Å². The number of ether oxygens (including phenoxy) is 1. The standard InChI is InChI=1S/C19H28N2O3/c1-14(21(6)18(23)20-5)8-7-9-16-10-12-17(13-11-16)24-19(3,4)15(2)22/h10-13,22H,1-2,7-9H2,3-6H3,(H,20,23). The molecule has 5 heteroatoms. The van der Waals surface area contributed by atoms with Gasteiger partial charge in [-0.25, -0.2) is 4.79 Å². The van der Waals surface area contributed by atoms with Crippen molar-refractivity contribution in [2.75, 3.05) is 14.1 Å². The molecule has 132 valence electrons. The minimum atomic E-state index is -0.816. The van der Waals surface area contributed by atoms with Crippen LogP contribution in [0.4, 0.5) is 4.79 Å². The molecule has 0 aromatic heterocycles. The van der Waals surface area contributed by atoms with E-state index >= 15 is 0 Å². The highest BCUT2D eigenvalue weighted by Crippen LogP contribution is 2.23. The minimum absolute atomic E-state index is 0.00896. The molecule has 0 fully saturated rings. The molecular weight excluding hydrogens is 304 g/mol. The molecule has 0 saturated carbocycles. The molecule has 1 aromatic rings. The molecule has 2 N–H and O–H groups in total. The zero-order chi connectivity index (χ0) is 18.3. The van der Waals surface area contributed by atoms with E-state index in [1.807, 2.05) is 24.3 Å². The second-order valence-corrected chi connectivity index (χ2v) is 6.24. The maximum Gasteiger partial charge on any atom is 0.321 e. The van der Waals surface area contributed by atoms with Crippen molar-refractivity contribution in [2.45, 2.75) is 38.7 Å². The lowest BCUT2D eigenvalue weighted by Crippen LogP contribution is -2.33. The number of nitrogens with zero attached hydrogens (tertiary/aromatic N) is 1. The summed E-state index contributed by atoms with van der Waals surface area (Å²) in [7, 11) is 3.31. The SMILES string of the molecule is C=C(CCCc1ccc(OC(C)(C)C(=C)O)cc1)N(C)C(=O)NC. The molecule has 0 spiro atoms. The summed E-state index contributed by atoms with van der Waals surface area (Å²) < 4.78 is 5.72. The molecule has 0 aliphatic rings. The number of urea groups is 1. The topological polar surface area (TPSA) is 61.8 Å². The third kappa shape index (κ3) is 5.65. The van der Waals surface area contributed by atoms with Gasteiger partial charge in [-0.15, -0.1) is 0 Å². The van der Waals surface area contributed by atoms with Crippen molar-refractivity contribution in [1.29, 1.82) is 0 Å². The van der Waals surface area contributed by atoms with Crippen LogP contribution in [0.15, 0.2) is 48.9 Å². The summed E-state index contributed by atoms with van der Waals surface area (Å²) in [6.07, 6.45) is 2.54. The highest BCUT2D eigenvalue weighted by atomic mass is 16.5. The lowest BCUT2D eigenvalue weighted by Gasteiger charge is -2.25. The first-order chi connectivity index (χ1) is 11.2. The van der Waals surface area contributed by atoms with Gasteiger partial charge in [0, 0.05) is 19.8 Å². The summed E-state index contributed by atoms with van der Waals surface area (Å²) in [5.41, 5.74) is 1.15. The molecule has 0 atom stereocenters. The molecule has 0 aliphatic carbocycles. The fraction of sp³-hybridized carbons (Fsp3) is 0.421. The lowest BCUT2D eigenvalue weighted by molar-refractivity contribution is 0.0974. The van der Waals surface area contributed by atoms with Crippen molar-refractivity contribution in [3.63, 3.8) is 0 Å². The van der Waals surface area contributed by atoms with E-state index in [-0.39, 0.29) is 11.8 Å². The summed E-state index contributed by atoms with van der Waals surface area (Å²) in [5.74, 6) is 0.674. The van der Waals surface area contributed by atoms with Crippen molar-refractivity contribution in [2.24, 2.45) is 0 Å². The van der Waals surface area contributed by atoms with E-state index in [0.29, 0.717) is 5.75 Å². The van der Waals surface area contributed by atoms with Crippen LogP contribution in [0.3, 0.4) is 0 Å². The van der Waals surface area contributed by atoms with Crippen molar-refractivity contribution in [3.8, 4) is 5.75 Å². The molecule has 2 amide bonds. The molecule has 0 radical (unpaired) electrons. The van der Waals surface area contributed by atoms with Crippen LogP contribution in [0.25, 0.3) is 0 Å². The Morgan fingerprint density at radius 3 is 2.38 bits per heavy atom. The average Bonchev–Trinajstić information content (AvgIpc) is 2.54. The first-order valence-corrected chi connectivity index (χ1v) is 7.97. The molecule has 24 heavy (non-hydrogen) atoms. The quantitative estimate of drug-likeness (QED) is 0.707. The number of benzene rings is 1. The van der Waals surface area contributed by atoms with E-state index in [1.54, 1.807) is 27.9 Å². The van der Waals surface area contributed by atoms with Gasteiger partial charge in [0.1, 0.15) is 11.5 Å². The van der Waals surface area contributed by atoms with Gasteiger partial charge in [0.15, 0.2) is 5.60 Å². The number of allylic oxidation sites excluding steroid dienone is 1. The normalized spacial score (nSPS) is 10.8. The van der Waals surface area contributed by atoms with E-state index in [1.165, 1.54) is 10.5 Å². The molecule has 1 rings (SSSR count). The van der Waals surface area contributed by atoms with Crippen LogP contribution in [-0.4, -0.2) is 35.7 Å². The number of aryl methyl sites for hydroxylation is 1. The number of carbonyl (C=O) groups is 1. The fourth-order valence-corrected chi connectivity index (χ4v) is 2.05. The van der Waals surface area contributed by atoms with Gasteiger partial charge in [-0.3, -0.25) is 0 Å². The maximum absolute atomic E-state index is 11.5. The number of rotatable bonds is 8. The molecule has 5 nitrogen and oxygen atoms in total. The van der Waals surface area contributed by atoms with Crippen LogP contribution >= 0.6 is 0 Å². The molecule has 0 heterocycles. The van der Waals surface area contributed by atoms with E-state index < -0.39 is 5.60 Å². The van der Waals surface area contributed by atoms with Crippen LogP contribution in [-0.2, 0) is 6.42 Å². The molecule has 0 saturated heterocycles. The number of hydrogen-bond acceptors (Lipinski definition) is 3. The Bertz CT molecular complexity index is 591. The zero-order valence-electron chi connectivity index (χ0n) is 15.1. The first-order valence-electron chi connectivity index (χ1n) is 7.97. The van der Waals surface area contributed by atoms with E-state index in [4.69, 9.17) is 4.74 Å². The number of aliphatic hydroxyl groups is 1. The van der Waals surface area contributed by atoms with Crippen LogP contribution in [0.1, 0.15) is 32.3 Å². The van der Waals surface area contributed by atoms with Crippen molar-refractivity contribution < 1.29 is 14.6 Å². The Labute approximate surface area is 144 Å². The van der Waals surface area contributed by atoms with Crippen LogP contribution in [0.5, 0.6) is 5.75 Å². The Balaban J connectivity index is 2.49. The highest BCUT2D eigenvalue weighted by molar-refractivity contribution is 5.75. The molecule has 0 aliphatic heterocycles. The zero-order valence-corrected chi connectivity index (χ0v) is 15.1. The Kier molecular flexibility index (Phi) is 6.89. The number of aliphatic hydroxyl groups excluding tert-OH is 1. The van der Waals surface area contributed by atoms with Gasteiger partial charge >= 0.3 is 6.03 Å². The number of hydrogen-bond donors (Lipinski definition) is 2. The predicted octanol–water partition coefficient (Wildman–Crippen LogP) is 4.02. The number of carbonyl (C=O) groups excluding carboxylic acids is 1. The molecule has 1 aromatic carbocycles. The fourth-order valence-electron chi connectivity index (χ4n) is 2.05. The van der Waals surface area contributed by atoms with Crippen LogP contribution in [0.2, 0.25) is 0 Å². The second-order valence-electron chi connectivity index (χ2n) is 6.24. The third-order valence-corrected chi connectivity index (χ3v) is 3.91. The monoisotopic (exact) mass is 332 g/mol. The van der Waals surface area contributed by atoms with E-state index in [9.17, 15) is 9.90 Å². The molecule has 0 unspecified atom stereocenters. The summed E-state index contributed by atoms with van der Waals surface area (Å²) in [6, 6.07) is 7.60. The first kappa shape index (κ1) is 19.6. The van der Waals surface area contributed by atoms with Crippen LogP contribution < -0.4 is 10.1 Å². The Hall–Kier alpha value is -2.43. The third-order valence-electron chi connectivity index (χ3n) is 3.91. The van der Waals surface area contributed by atoms with Gasteiger partial charge in [0.05, 0.1) is 0 Å². The summed E-state index contributed by atoms with van der Waals surface area (Å²) in [4.78, 5) is 13.0. The van der Waals surface area contributed by atoms with Crippen molar-refractivity contribution in [1.82, 2.24) is 10.2 Å². The highest BCUT2D eigenvalue weighted by Gasteiger charge is 2.23. The predicted molar refractivity (Wildman–Crippen MR) is 97.2 cm³/mol. The van der Waals surface area contributed by atoms with Gasteiger partial charge in [-0.05, 0) is 50.8 Å². The van der Waals surface area contributed by atoms with E-state index in [2.05, 4.69) is 18.5 Å². The van der Waals surface area contributed by atoms with Crippen molar-refractivity contribution in [3.05, 3.63) is 54.4 Å².